The predicted molar refractivity (Wildman–Crippen MR) is 58.5 cm³/mol. The minimum absolute atomic E-state index is 0.626. The number of anilines is 1. The summed E-state index contributed by atoms with van der Waals surface area (Å²) in [5.41, 5.74) is 2.10. The van der Waals surface area contributed by atoms with E-state index in [4.69, 9.17) is 4.74 Å². The van der Waals surface area contributed by atoms with E-state index in [1.54, 1.807) is 6.20 Å². The number of nitrogens with one attached hydrogen (secondary N) is 1. The Hall–Kier alpha value is -1.51. The Morgan fingerprint density at radius 2 is 2.36 bits per heavy atom. The monoisotopic (exact) mass is 192 g/mol. The molecule has 0 saturated carbocycles. The number of nitrogens with zero attached hydrogens (tertiary/aromatic N) is 1. The molecule has 0 spiro atoms. The van der Waals surface area contributed by atoms with E-state index in [0.29, 0.717) is 12.5 Å². The van der Waals surface area contributed by atoms with Gasteiger partial charge in [0, 0.05) is 6.20 Å². The van der Waals surface area contributed by atoms with E-state index in [2.05, 4.69) is 10.3 Å². The van der Waals surface area contributed by atoms with Crippen LogP contribution in [-0.2, 0) is 0 Å². The zero-order valence-electron chi connectivity index (χ0n) is 8.87. The van der Waals surface area contributed by atoms with Crippen molar-refractivity contribution in [1.29, 1.82) is 0 Å². The molecule has 3 nitrogen and oxygen atoms in total. The van der Waals surface area contributed by atoms with Gasteiger partial charge in [0.15, 0.2) is 0 Å². The van der Waals surface area contributed by atoms with Crippen LogP contribution in [0.4, 0.5) is 5.69 Å². The Morgan fingerprint density at radius 3 is 3.00 bits per heavy atom. The highest BCUT2D eigenvalue weighted by atomic mass is 16.5. The van der Waals surface area contributed by atoms with E-state index in [-0.39, 0.29) is 0 Å². The van der Waals surface area contributed by atoms with Crippen molar-refractivity contribution in [2.45, 2.75) is 20.8 Å². The molecule has 0 bridgehead atoms. The van der Waals surface area contributed by atoms with Crippen LogP contribution in [0.15, 0.2) is 30.1 Å². The quantitative estimate of drug-likeness (QED) is 0.796. The smallest absolute Gasteiger partial charge is 0.237 e. The lowest BCUT2D eigenvalue weighted by Gasteiger charge is -2.07. The highest BCUT2D eigenvalue weighted by Gasteiger charge is 2.00. The maximum Gasteiger partial charge on any atom is 0.237 e. The lowest BCUT2D eigenvalue weighted by atomic mass is 10.3. The van der Waals surface area contributed by atoms with Gasteiger partial charge in [-0.05, 0) is 39.1 Å². The normalized spacial score (nSPS) is 9.36. The van der Waals surface area contributed by atoms with Crippen molar-refractivity contribution in [1.82, 2.24) is 4.98 Å². The van der Waals surface area contributed by atoms with Crippen molar-refractivity contribution in [3.63, 3.8) is 0 Å². The van der Waals surface area contributed by atoms with Crippen LogP contribution in [-0.4, -0.2) is 11.6 Å². The van der Waals surface area contributed by atoms with Crippen LogP contribution in [0.3, 0.4) is 0 Å². The van der Waals surface area contributed by atoms with E-state index < -0.39 is 0 Å². The van der Waals surface area contributed by atoms with Gasteiger partial charge in [-0.1, -0.05) is 5.57 Å². The summed E-state index contributed by atoms with van der Waals surface area (Å²) in [4.78, 5) is 4.13. The molecule has 0 atom stereocenters. The summed E-state index contributed by atoms with van der Waals surface area (Å²) in [5.74, 6) is 0.646. The number of ether oxygens (including phenoxy) is 1. The number of aromatic nitrogens is 1. The molecule has 1 rings (SSSR count). The van der Waals surface area contributed by atoms with Gasteiger partial charge >= 0.3 is 0 Å². The molecule has 0 unspecified atom stereocenters. The largest absolute Gasteiger partial charge is 0.476 e. The average molecular weight is 192 g/mol. The van der Waals surface area contributed by atoms with Crippen LogP contribution < -0.4 is 10.1 Å². The maximum absolute atomic E-state index is 5.37. The fourth-order valence-corrected chi connectivity index (χ4v) is 0.974. The molecule has 0 aliphatic heterocycles. The van der Waals surface area contributed by atoms with Crippen LogP contribution in [0.2, 0.25) is 0 Å². The summed E-state index contributed by atoms with van der Waals surface area (Å²) in [7, 11) is 0. The lowest BCUT2D eigenvalue weighted by molar-refractivity contribution is 0.328. The predicted octanol–water partition coefficient (Wildman–Crippen LogP) is 2.82. The summed E-state index contributed by atoms with van der Waals surface area (Å²) < 4.78 is 5.37. The van der Waals surface area contributed by atoms with E-state index in [9.17, 15) is 0 Å². The molecule has 76 valence electrons. The zero-order chi connectivity index (χ0) is 10.4. The molecule has 0 aliphatic rings. The first-order valence-electron chi connectivity index (χ1n) is 4.71. The van der Waals surface area contributed by atoms with Gasteiger partial charge in [0.25, 0.3) is 0 Å². The Labute approximate surface area is 84.8 Å². The van der Waals surface area contributed by atoms with Crippen LogP contribution >= 0.6 is 0 Å². The molecule has 14 heavy (non-hydrogen) atoms. The molecular weight excluding hydrogens is 176 g/mol. The van der Waals surface area contributed by atoms with Gasteiger partial charge in [-0.15, -0.1) is 0 Å². The molecule has 1 aromatic heterocycles. The number of pyridine rings is 1. The average Bonchev–Trinajstić information content (AvgIpc) is 2.17. The molecule has 0 aliphatic carbocycles. The molecular formula is C11H16N2O. The van der Waals surface area contributed by atoms with Gasteiger partial charge in [-0.2, -0.15) is 0 Å². The fraction of sp³-hybridized carbons (Fsp3) is 0.364. The molecule has 0 fully saturated rings. The Kier molecular flexibility index (Phi) is 3.98. The Balaban J connectivity index is 2.79. The molecule has 3 heteroatoms. The van der Waals surface area contributed by atoms with Crippen molar-refractivity contribution < 1.29 is 4.74 Å². The lowest BCUT2D eigenvalue weighted by Crippen LogP contribution is -1.99. The van der Waals surface area contributed by atoms with Crippen LogP contribution in [0.5, 0.6) is 5.88 Å². The van der Waals surface area contributed by atoms with Crippen molar-refractivity contribution in [3.05, 3.63) is 30.1 Å². The van der Waals surface area contributed by atoms with Gasteiger partial charge in [0.1, 0.15) is 5.69 Å². The van der Waals surface area contributed by atoms with Crippen molar-refractivity contribution in [3.8, 4) is 5.88 Å². The molecule has 1 aromatic rings. The van der Waals surface area contributed by atoms with Crippen molar-refractivity contribution >= 4 is 5.69 Å². The highest BCUT2D eigenvalue weighted by Crippen LogP contribution is 2.20. The van der Waals surface area contributed by atoms with Gasteiger partial charge < -0.3 is 10.1 Å². The van der Waals surface area contributed by atoms with Gasteiger partial charge in [-0.25, -0.2) is 4.98 Å². The molecule has 0 radical (unpaired) electrons. The molecule has 0 amide bonds. The van der Waals surface area contributed by atoms with Crippen molar-refractivity contribution in [2.24, 2.45) is 0 Å². The topological polar surface area (TPSA) is 34.1 Å². The van der Waals surface area contributed by atoms with Crippen LogP contribution in [0, 0.1) is 0 Å². The SMILES string of the molecule is CCOc1ncccc1NC=C(C)C. The third-order valence-corrected chi connectivity index (χ3v) is 1.57. The first-order valence-corrected chi connectivity index (χ1v) is 4.71. The van der Waals surface area contributed by atoms with Gasteiger partial charge in [0.05, 0.1) is 6.61 Å². The Morgan fingerprint density at radius 1 is 1.57 bits per heavy atom. The second-order valence-corrected chi connectivity index (χ2v) is 3.16. The number of hydrogen-bond acceptors (Lipinski definition) is 3. The summed E-state index contributed by atoms with van der Waals surface area (Å²) in [6.07, 6.45) is 3.65. The second-order valence-electron chi connectivity index (χ2n) is 3.16. The number of hydrogen-bond donors (Lipinski definition) is 1. The highest BCUT2D eigenvalue weighted by molar-refractivity contribution is 5.54. The number of rotatable bonds is 4. The van der Waals surface area contributed by atoms with Crippen LogP contribution in [0.1, 0.15) is 20.8 Å². The fourth-order valence-electron chi connectivity index (χ4n) is 0.974. The summed E-state index contributed by atoms with van der Waals surface area (Å²) in [6.45, 7) is 6.63. The van der Waals surface area contributed by atoms with Crippen LogP contribution in [0.25, 0.3) is 0 Å². The Bertz CT molecular complexity index is 317. The van der Waals surface area contributed by atoms with E-state index >= 15 is 0 Å². The summed E-state index contributed by atoms with van der Waals surface area (Å²) >= 11 is 0. The minimum atomic E-state index is 0.626. The first kappa shape index (κ1) is 10.6. The standard InChI is InChI=1S/C11H16N2O/c1-4-14-11-10(6-5-7-12-11)13-8-9(2)3/h5-8,13H,4H2,1-3H3. The molecule has 1 heterocycles. The third kappa shape index (κ3) is 3.09. The molecule has 0 saturated heterocycles. The maximum atomic E-state index is 5.37. The first-order chi connectivity index (χ1) is 6.74. The van der Waals surface area contributed by atoms with Crippen molar-refractivity contribution in [2.75, 3.05) is 11.9 Å². The third-order valence-electron chi connectivity index (χ3n) is 1.57. The molecule has 1 N–H and O–H groups in total. The van der Waals surface area contributed by atoms with Gasteiger partial charge in [0.2, 0.25) is 5.88 Å². The summed E-state index contributed by atoms with van der Waals surface area (Å²) in [5, 5.41) is 3.15. The molecule has 0 aromatic carbocycles. The summed E-state index contributed by atoms with van der Waals surface area (Å²) in [6, 6.07) is 3.82. The van der Waals surface area contributed by atoms with E-state index in [1.165, 1.54) is 5.57 Å². The minimum Gasteiger partial charge on any atom is -0.476 e. The zero-order valence-corrected chi connectivity index (χ0v) is 8.87. The van der Waals surface area contributed by atoms with Gasteiger partial charge in [-0.3, -0.25) is 0 Å². The van der Waals surface area contributed by atoms with E-state index in [0.717, 1.165) is 5.69 Å². The van der Waals surface area contributed by atoms with E-state index in [1.807, 2.05) is 39.1 Å². The number of allylic oxidation sites excluding steroid dienone is 1. The second kappa shape index (κ2) is 5.27.